The molecule has 0 aromatic heterocycles. The van der Waals surface area contributed by atoms with Gasteiger partial charge in [0.15, 0.2) is 0 Å². The molecule has 4 N–H and O–H groups in total. The van der Waals surface area contributed by atoms with Crippen LogP contribution in [0.4, 0.5) is 0 Å². The molecule has 1 aromatic rings. The summed E-state index contributed by atoms with van der Waals surface area (Å²) >= 11 is 0. The van der Waals surface area contributed by atoms with Crippen molar-refractivity contribution in [3.63, 3.8) is 0 Å². The smallest absolute Gasteiger partial charge is 0.223 e. The number of para-hydroxylation sites is 1. The van der Waals surface area contributed by atoms with Crippen LogP contribution in [0.1, 0.15) is 19.3 Å². The largest absolute Gasteiger partial charge is 0.492 e. The second-order valence-electron chi connectivity index (χ2n) is 5.19. The Morgan fingerprint density at radius 3 is 2.71 bits per heavy atom. The minimum absolute atomic E-state index is 0. The highest BCUT2D eigenvalue weighted by molar-refractivity contribution is 5.85. The van der Waals surface area contributed by atoms with Crippen molar-refractivity contribution in [3.8, 4) is 5.75 Å². The van der Waals surface area contributed by atoms with Crippen molar-refractivity contribution in [2.75, 3.05) is 13.2 Å². The summed E-state index contributed by atoms with van der Waals surface area (Å²) in [5.41, 5.74) is 5.72. The molecule has 5 nitrogen and oxygen atoms in total. The molecule has 21 heavy (non-hydrogen) atoms. The van der Waals surface area contributed by atoms with E-state index in [9.17, 15) is 9.90 Å². The lowest BCUT2D eigenvalue weighted by atomic mass is 9.84. The third kappa shape index (κ3) is 5.53. The minimum Gasteiger partial charge on any atom is -0.492 e. The molecular weight excluding hydrogens is 292 g/mol. The first-order chi connectivity index (χ1) is 9.66. The van der Waals surface area contributed by atoms with Crippen LogP contribution in [-0.2, 0) is 4.79 Å². The molecule has 0 radical (unpaired) electrons. The first-order valence-corrected chi connectivity index (χ1v) is 7.06. The van der Waals surface area contributed by atoms with Gasteiger partial charge < -0.3 is 20.9 Å². The van der Waals surface area contributed by atoms with E-state index in [0.29, 0.717) is 26.0 Å². The van der Waals surface area contributed by atoms with Gasteiger partial charge in [-0.25, -0.2) is 0 Å². The average molecular weight is 315 g/mol. The number of carbonyl (C=O) groups excluding carboxylic acids is 1. The Labute approximate surface area is 131 Å². The van der Waals surface area contributed by atoms with Gasteiger partial charge in [0, 0.05) is 12.0 Å². The number of ether oxygens (including phenoxy) is 1. The summed E-state index contributed by atoms with van der Waals surface area (Å²) in [5, 5.41) is 12.5. The molecule has 1 aliphatic rings. The number of rotatable bonds is 5. The van der Waals surface area contributed by atoms with Gasteiger partial charge in [-0.3, -0.25) is 4.79 Å². The molecule has 0 unspecified atom stereocenters. The molecule has 1 saturated carbocycles. The molecule has 0 aliphatic heterocycles. The molecule has 1 fully saturated rings. The Morgan fingerprint density at radius 2 is 2.05 bits per heavy atom. The fourth-order valence-corrected chi connectivity index (χ4v) is 2.41. The summed E-state index contributed by atoms with van der Waals surface area (Å²) in [6.45, 7) is 0.900. The molecule has 0 saturated heterocycles. The normalized spacial score (nSPS) is 24.8. The van der Waals surface area contributed by atoms with E-state index >= 15 is 0 Å². The van der Waals surface area contributed by atoms with Crippen LogP contribution in [0.25, 0.3) is 0 Å². The molecule has 3 atom stereocenters. The maximum atomic E-state index is 11.9. The van der Waals surface area contributed by atoms with Crippen LogP contribution in [0.2, 0.25) is 0 Å². The van der Waals surface area contributed by atoms with Crippen molar-refractivity contribution < 1.29 is 14.6 Å². The fourth-order valence-electron chi connectivity index (χ4n) is 2.41. The number of hydrogen-bond donors (Lipinski definition) is 3. The van der Waals surface area contributed by atoms with E-state index in [1.54, 1.807) is 0 Å². The zero-order chi connectivity index (χ0) is 14.4. The van der Waals surface area contributed by atoms with E-state index in [1.807, 2.05) is 30.3 Å². The number of nitrogens with one attached hydrogen (secondary N) is 1. The Kier molecular flexibility index (Phi) is 7.50. The number of benzene rings is 1. The van der Waals surface area contributed by atoms with E-state index in [2.05, 4.69) is 5.32 Å². The number of aliphatic hydroxyl groups excluding tert-OH is 1. The van der Waals surface area contributed by atoms with E-state index in [0.717, 1.165) is 12.2 Å². The van der Waals surface area contributed by atoms with Crippen LogP contribution in [-0.4, -0.2) is 36.3 Å². The molecule has 1 aromatic carbocycles. The van der Waals surface area contributed by atoms with Crippen molar-refractivity contribution in [1.29, 1.82) is 0 Å². The molecule has 0 bridgehead atoms. The van der Waals surface area contributed by atoms with Gasteiger partial charge in [0.25, 0.3) is 0 Å². The number of amides is 1. The van der Waals surface area contributed by atoms with Crippen LogP contribution in [0.5, 0.6) is 5.75 Å². The predicted octanol–water partition coefficient (Wildman–Crippen LogP) is 1.09. The van der Waals surface area contributed by atoms with Crippen LogP contribution in [0.15, 0.2) is 30.3 Å². The maximum absolute atomic E-state index is 11.9. The number of carbonyl (C=O) groups is 1. The average Bonchev–Trinajstić information content (AvgIpc) is 2.47. The number of aliphatic hydroxyl groups is 1. The van der Waals surface area contributed by atoms with Crippen molar-refractivity contribution in [1.82, 2.24) is 5.32 Å². The summed E-state index contributed by atoms with van der Waals surface area (Å²) < 4.78 is 5.50. The van der Waals surface area contributed by atoms with Gasteiger partial charge in [0.2, 0.25) is 5.91 Å². The number of nitrogens with two attached hydrogens (primary N) is 1. The first kappa shape index (κ1) is 17.8. The van der Waals surface area contributed by atoms with Crippen LogP contribution < -0.4 is 15.8 Å². The molecule has 118 valence electrons. The third-order valence-corrected chi connectivity index (χ3v) is 3.65. The SMILES string of the molecule is Cl.N[C@H]1CC[C@H](C(=O)NCCOc2ccccc2)C[C@@H]1O. The first-order valence-electron chi connectivity index (χ1n) is 7.06. The summed E-state index contributed by atoms with van der Waals surface area (Å²) in [4.78, 5) is 11.9. The van der Waals surface area contributed by atoms with E-state index in [1.165, 1.54) is 0 Å². The van der Waals surface area contributed by atoms with Crippen LogP contribution in [0, 0.1) is 5.92 Å². The molecule has 2 rings (SSSR count). The summed E-state index contributed by atoms with van der Waals surface area (Å²) in [6.07, 6.45) is 1.32. The highest BCUT2D eigenvalue weighted by Crippen LogP contribution is 2.23. The molecule has 6 heteroatoms. The maximum Gasteiger partial charge on any atom is 0.223 e. The van der Waals surface area contributed by atoms with E-state index in [4.69, 9.17) is 10.5 Å². The molecule has 1 amide bonds. The van der Waals surface area contributed by atoms with E-state index in [-0.39, 0.29) is 30.3 Å². The van der Waals surface area contributed by atoms with Crippen LogP contribution >= 0.6 is 12.4 Å². The summed E-state index contributed by atoms with van der Waals surface area (Å²) in [5.74, 6) is 0.634. The van der Waals surface area contributed by atoms with Crippen molar-refractivity contribution in [2.24, 2.45) is 11.7 Å². The Hall–Kier alpha value is -1.30. The minimum atomic E-state index is -0.569. The van der Waals surface area contributed by atoms with Crippen molar-refractivity contribution in [3.05, 3.63) is 30.3 Å². The monoisotopic (exact) mass is 314 g/mol. The van der Waals surface area contributed by atoms with Gasteiger partial charge in [-0.05, 0) is 31.4 Å². The Bertz CT molecular complexity index is 430. The van der Waals surface area contributed by atoms with Gasteiger partial charge in [-0.1, -0.05) is 18.2 Å². The summed E-state index contributed by atoms with van der Waals surface area (Å²) in [6, 6.07) is 9.29. The Balaban J connectivity index is 0.00000220. The quantitative estimate of drug-likeness (QED) is 0.710. The second kappa shape index (κ2) is 8.87. The topological polar surface area (TPSA) is 84.6 Å². The Morgan fingerprint density at radius 1 is 1.33 bits per heavy atom. The predicted molar refractivity (Wildman–Crippen MR) is 83.5 cm³/mol. The third-order valence-electron chi connectivity index (χ3n) is 3.65. The van der Waals surface area contributed by atoms with Crippen molar-refractivity contribution in [2.45, 2.75) is 31.4 Å². The van der Waals surface area contributed by atoms with E-state index < -0.39 is 6.10 Å². The molecular formula is C15H23ClN2O3. The molecule has 1 aliphatic carbocycles. The number of halogens is 1. The second-order valence-corrected chi connectivity index (χ2v) is 5.19. The van der Waals surface area contributed by atoms with Gasteiger partial charge >= 0.3 is 0 Å². The van der Waals surface area contributed by atoms with Crippen LogP contribution in [0.3, 0.4) is 0 Å². The van der Waals surface area contributed by atoms with Gasteiger partial charge in [0.05, 0.1) is 12.6 Å². The lowest BCUT2D eigenvalue weighted by Crippen LogP contribution is -2.45. The zero-order valence-electron chi connectivity index (χ0n) is 11.9. The lowest BCUT2D eigenvalue weighted by Gasteiger charge is -2.29. The number of hydrogen-bond acceptors (Lipinski definition) is 4. The zero-order valence-corrected chi connectivity index (χ0v) is 12.7. The standard InChI is InChI=1S/C15H22N2O3.ClH/c16-13-7-6-11(10-14(13)18)15(19)17-8-9-20-12-4-2-1-3-5-12;/h1-5,11,13-14,18H,6-10,16H2,(H,17,19);1H/t11-,13-,14-;/m0./s1. The van der Waals surface area contributed by atoms with Crippen molar-refractivity contribution >= 4 is 18.3 Å². The lowest BCUT2D eigenvalue weighted by molar-refractivity contribution is -0.127. The highest BCUT2D eigenvalue weighted by atomic mass is 35.5. The highest BCUT2D eigenvalue weighted by Gasteiger charge is 2.30. The fraction of sp³-hybridized carbons (Fsp3) is 0.533. The summed E-state index contributed by atoms with van der Waals surface area (Å²) in [7, 11) is 0. The molecule has 0 spiro atoms. The van der Waals surface area contributed by atoms with Gasteiger partial charge in [-0.2, -0.15) is 0 Å². The molecule has 0 heterocycles. The van der Waals surface area contributed by atoms with Gasteiger partial charge in [-0.15, -0.1) is 12.4 Å². The van der Waals surface area contributed by atoms with Gasteiger partial charge in [0.1, 0.15) is 12.4 Å².